The Morgan fingerprint density at radius 3 is 2.56 bits per heavy atom. The second-order valence-electron chi connectivity index (χ2n) is 4.97. The molecule has 0 spiro atoms. The van der Waals surface area contributed by atoms with Gasteiger partial charge in [-0.05, 0) is 49.4 Å². The smallest absolute Gasteiger partial charge is 0.123 e. The van der Waals surface area contributed by atoms with E-state index in [4.69, 9.17) is 0 Å². The zero-order valence-electron chi connectivity index (χ0n) is 9.88. The lowest BCUT2D eigenvalue weighted by atomic mass is 9.92. The van der Waals surface area contributed by atoms with E-state index in [9.17, 15) is 4.39 Å². The Bertz CT molecular complexity index is 316. The lowest BCUT2D eigenvalue weighted by Crippen LogP contribution is -2.38. The van der Waals surface area contributed by atoms with Crippen LogP contribution in [0.4, 0.5) is 4.39 Å². The number of hydrogen-bond donors (Lipinski definition) is 1. The van der Waals surface area contributed by atoms with Crippen molar-refractivity contribution in [3.05, 3.63) is 35.6 Å². The second-order valence-corrected chi connectivity index (χ2v) is 4.97. The van der Waals surface area contributed by atoms with Gasteiger partial charge in [-0.1, -0.05) is 25.5 Å². The van der Waals surface area contributed by atoms with Crippen LogP contribution in [-0.2, 0) is 6.42 Å². The highest BCUT2D eigenvalue weighted by molar-refractivity contribution is 5.16. The van der Waals surface area contributed by atoms with E-state index in [0.29, 0.717) is 5.92 Å². The van der Waals surface area contributed by atoms with Gasteiger partial charge in [0.1, 0.15) is 5.82 Å². The molecule has 0 aromatic heterocycles. The van der Waals surface area contributed by atoms with Gasteiger partial charge in [0.15, 0.2) is 0 Å². The van der Waals surface area contributed by atoms with E-state index < -0.39 is 0 Å². The molecule has 2 rings (SSSR count). The lowest BCUT2D eigenvalue weighted by molar-refractivity contribution is 0.320. The Kier molecular flexibility index (Phi) is 3.94. The van der Waals surface area contributed by atoms with Crippen molar-refractivity contribution in [1.82, 2.24) is 5.32 Å². The Balaban J connectivity index is 1.73. The Labute approximate surface area is 97.1 Å². The molecule has 1 aliphatic rings. The quantitative estimate of drug-likeness (QED) is 0.805. The standard InChI is InChI=1S/C14H20FN/c1-11(10-16-14-3-2-4-14)9-12-5-7-13(15)8-6-12/h5-8,11,14,16H,2-4,9-10H2,1H3. The van der Waals surface area contributed by atoms with Crippen LogP contribution in [0, 0.1) is 11.7 Å². The van der Waals surface area contributed by atoms with Crippen molar-refractivity contribution in [2.45, 2.75) is 38.6 Å². The van der Waals surface area contributed by atoms with Crippen LogP contribution in [0.5, 0.6) is 0 Å². The van der Waals surface area contributed by atoms with E-state index in [-0.39, 0.29) is 5.82 Å². The summed E-state index contributed by atoms with van der Waals surface area (Å²) in [4.78, 5) is 0. The minimum atomic E-state index is -0.149. The molecule has 2 heteroatoms. The molecule has 0 amide bonds. The fourth-order valence-corrected chi connectivity index (χ4v) is 2.08. The van der Waals surface area contributed by atoms with E-state index in [1.54, 1.807) is 12.1 Å². The zero-order chi connectivity index (χ0) is 11.4. The maximum atomic E-state index is 12.7. The molecule has 0 radical (unpaired) electrons. The zero-order valence-corrected chi connectivity index (χ0v) is 9.88. The number of nitrogens with one attached hydrogen (secondary N) is 1. The number of benzene rings is 1. The normalized spacial score (nSPS) is 18.1. The van der Waals surface area contributed by atoms with Gasteiger partial charge in [-0.2, -0.15) is 0 Å². The van der Waals surface area contributed by atoms with Crippen molar-refractivity contribution in [3.63, 3.8) is 0 Å². The van der Waals surface area contributed by atoms with Crippen molar-refractivity contribution < 1.29 is 4.39 Å². The van der Waals surface area contributed by atoms with Gasteiger partial charge in [0.25, 0.3) is 0 Å². The highest BCUT2D eigenvalue weighted by Crippen LogP contribution is 2.18. The maximum Gasteiger partial charge on any atom is 0.123 e. The largest absolute Gasteiger partial charge is 0.314 e. The maximum absolute atomic E-state index is 12.7. The first-order valence-electron chi connectivity index (χ1n) is 6.22. The van der Waals surface area contributed by atoms with Crippen LogP contribution in [0.1, 0.15) is 31.7 Å². The van der Waals surface area contributed by atoms with Gasteiger partial charge in [0, 0.05) is 6.04 Å². The molecule has 1 aromatic carbocycles. The summed E-state index contributed by atoms with van der Waals surface area (Å²) >= 11 is 0. The molecule has 1 unspecified atom stereocenters. The molecule has 0 saturated heterocycles. The molecule has 88 valence electrons. The summed E-state index contributed by atoms with van der Waals surface area (Å²) in [5.41, 5.74) is 1.23. The van der Waals surface area contributed by atoms with Crippen LogP contribution in [0.3, 0.4) is 0 Å². The minimum absolute atomic E-state index is 0.149. The summed E-state index contributed by atoms with van der Waals surface area (Å²) in [7, 11) is 0. The molecule has 0 bridgehead atoms. The van der Waals surface area contributed by atoms with Gasteiger partial charge < -0.3 is 5.32 Å². The third-order valence-electron chi connectivity index (χ3n) is 3.36. The molecule has 16 heavy (non-hydrogen) atoms. The fraction of sp³-hybridized carbons (Fsp3) is 0.571. The molecule has 1 N–H and O–H groups in total. The predicted octanol–water partition coefficient (Wildman–Crippen LogP) is 3.15. The first kappa shape index (κ1) is 11.6. The molecule has 1 atom stereocenters. The van der Waals surface area contributed by atoms with Crippen LogP contribution in [0.15, 0.2) is 24.3 Å². The van der Waals surface area contributed by atoms with Crippen molar-refractivity contribution in [3.8, 4) is 0 Å². The Morgan fingerprint density at radius 1 is 1.31 bits per heavy atom. The number of hydrogen-bond acceptors (Lipinski definition) is 1. The number of rotatable bonds is 5. The van der Waals surface area contributed by atoms with Crippen LogP contribution < -0.4 is 5.32 Å². The van der Waals surface area contributed by atoms with Gasteiger partial charge >= 0.3 is 0 Å². The molecule has 1 fully saturated rings. The predicted molar refractivity (Wildman–Crippen MR) is 64.9 cm³/mol. The van der Waals surface area contributed by atoms with E-state index in [1.165, 1.54) is 24.8 Å². The summed E-state index contributed by atoms with van der Waals surface area (Å²) in [6.07, 6.45) is 5.08. The molecule has 0 aliphatic heterocycles. The third kappa shape index (κ3) is 3.31. The van der Waals surface area contributed by atoms with Crippen molar-refractivity contribution in [1.29, 1.82) is 0 Å². The molecular formula is C14H20FN. The topological polar surface area (TPSA) is 12.0 Å². The first-order valence-corrected chi connectivity index (χ1v) is 6.22. The highest BCUT2D eigenvalue weighted by Gasteiger charge is 2.17. The van der Waals surface area contributed by atoms with Crippen molar-refractivity contribution in [2.24, 2.45) is 5.92 Å². The van der Waals surface area contributed by atoms with Crippen LogP contribution in [0.25, 0.3) is 0 Å². The van der Waals surface area contributed by atoms with E-state index in [0.717, 1.165) is 19.0 Å². The third-order valence-corrected chi connectivity index (χ3v) is 3.36. The fourth-order valence-electron chi connectivity index (χ4n) is 2.08. The second kappa shape index (κ2) is 5.44. The summed E-state index contributed by atoms with van der Waals surface area (Å²) < 4.78 is 12.7. The van der Waals surface area contributed by atoms with Gasteiger partial charge in [0.2, 0.25) is 0 Å². The van der Waals surface area contributed by atoms with Crippen molar-refractivity contribution >= 4 is 0 Å². The van der Waals surface area contributed by atoms with E-state index in [2.05, 4.69) is 12.2 Å². The molecule has 1 saturated carbocycles. The van der Waals surface area contributed by atoms with Crippen LogP contribution in [-0.4, -0.2) is 12.6 Å². The monoisotopic (exact) mass is 221 g/mol. The first-order chi connectivity index (χ1) is 7.74. The molecular weight excluding hydrogens is 201 g/mol. The number of halogens is 1. The van der Waals surface area contributed by atoms with E-state index in [1.807, 2.05) is 12.1 Å². The summed E-state index contributed by atoms with van der Waals surface area (Å²) in [5, 5.41) is 3.58. The molecule has 1 nitrogen and oxygen atoms in total. The Morgan fingerprint density at radius 2 is 2.00 bits per heavy atom. The van der Waals surface area contributed by atoms with Gasteiger partial charge in [-0.3, -0.25) is 0 Å². The SMILES string of the molecule is CC(CNC1CCC1)Cc1ccc(F)cc1. The van der Waals surface area contributed by atoms with Crippen molar-refractivity contribution in [2.75, 3.05) is 6.54 Å². The Hall–Kier alpha value is -0.890. The molecule has 1 aliphatic carbocycles. The van der Waals surface area contributed by atoms with Gasteiger partial charge in [-0.25, -0.2) is 4.39 Å². The summed E-state index contributed by atoms with van der Waals surface area (Å²) in [6, 6.07) is 7.61. The van der Waals surface area contributed by atoms with Crippen LogP contribution >= 0.6 is 0 Å². The summed E-state index contributed by atoms with van der Waals surface area (Å²) in [6.45, 7) is 3.32. The highest BCUT2D eigenvalue weighted by atomic mass is 19.1. The molecule has 0 heterocycles. The molecule has 1 aromatic rings. The minimum Gasteiger partial charge on any atom is -0.314 e. The average molecular weight is 221 g/mol. The van der Waals surface area contributed by atoms with E-state index >= 15 is 0 Å². The average Bonchev–Trinajstić information content (AvgIpc) is 2.19. The van der Waals surface area contributed by atoms with Gasteiger partial charge in [0.05, 0.1) is 0 Å². The lowest BCUT2D eigenvalue weighted by Gasteiger charge is -2.28. The van der Waals surface area contributed by atoms with Gasteiger partial charge in [-0.15, -0.1) is 0 Å². The van der Waals surface area contributed by atoms with Crippen LogP contribution in [0.2, 0.25) is 0 Å². The summed E-state index contributed by atoms with van der Waals surface area (Å²) in [5.74, 6) is 0.468.